The Labute approximate surface area is 94.6 Å². The van der Waals surface area contributed by atoms with E-state index < -0.39 is 0 Å². The molecule has 0 N–H and O–H groups in total. The smallest absolute Gasteiger partial charge is 0.103 e. The van der Waals surface area contributed by atoms with E-state index in [9.17, 15) is 0 Å². The van der Waals surface area contributed by atoms with E-state index in [-0.39, 0.29) is 11.2 Å². The summed E-state index contributed by atoms with van der Waals surface area (Å²) < 4.78 is 6.35. The highest BCUT2D eigenvalue weighted by molar-refractivity contribution is 5.24. The average Bonchev–Trinajstić information content (AvgIpc) is 2.99. The Morgan fingerprint density at radius 2 is 1.53 bits per heavy atom. The van der Waals surface area contributed by atoms with Crippen molar-refractivity contribution in [3.05, 3.63) is 0 Å². The molecule has 2 aliphatic rings. The minimum absolute atomic E-state index is 0.247. The summed E-state index contributed by atoms with van der Waals surface area (Å²) in [6.07, 6.45) is 9.06. The lowest BCUT2D eigenvalue weighted by Gasteiger charge is -2.43. The lowest BCUT2D eigenvalue weighted by molar-refractivity contribution is 0.0685. The molecule has 1 saturated carbocycles. The molecule has 1 nitrogen and oxygen atoms in total. The van der Waals surface area contributed by atoms with Gasteiger partial charge in [-0.2, -0.15) is 0 Å². The molecule has 0 aromatic heterocycles. The number of epoxide rings is 1. The Balaban J connectivity index is 2.34. The first-order chi connectivity index (χ1) is 7.16. The number of ether oxygens (including phenoxy) is 1. The van der Waals surface area contributed by atoms with Crippen LogP contribution in [-0.4, -0.2) is 11.2 Å². The minimum atomic E-state index is 0.247. The summed E-state index contributed by atoms with van der Waals surface area (Å²) in [5, 5.41) is 0. The van der Waals surface area contributed by atoms with Crippen molar-refractivity contribution < 1.29 is 4.74 Å². The standard InChI is InChI=1S/C14H26O/c1-5-12(6-2)10-9-11-13(7-3)14(12,8-4)15-13/h5-11H2,1-4H3. The molecule has 1 aliphatic carbocycles. The summed E-state index contributed by atoms with van der Waals surface area (Å²) in [5.41, 5.74) is 0.999. The van der Waals surface area contributed by atoms with Gasteiger partial charge in [-0.1, -0.05) is 27.7 Å². The molecule has 0 aromatic carbocycles. The van der Waals surface area contributed by atoms with Gasteiger partial charge in [-0.25, -0.2) is 0 Å². The molecule has 0 radical (unpaired) electrons. The molecule has 1 saturated heterocycles. The van der Waals surface area contributed by atoms with E-state index in [1.165, 1.54) is 44.9 Å². The van der Waals surface area contributed by atoms with E-state index in [0.29, 0.717) is 5.41 Å². The Morgan fingerprint density at radius 3 is 2.00 bits per heavy atom. The molecule has 2 atom stereocenters. The third kappa shape index (κ3) is 1.13. The molecule has 15 heavy (non-hydrogen) atoms. The number of fused-ring (bicyclic) bond motifs is 1. The lowest BCUT2D eigenvalue weighted by atomic mass is 9.57. The first kappa shape index (κ1) is 11.4. The van der Waals surface area contributed by atoms with Crippen LogP contribution in [0, 0.1) is 5.41 Å². The molecule has 0 amide bonds. The van der Waals surface area contributed by atoms with E-state index in [2.05, 4.69) is 27.7 Å². The van der Waals surface area contributed by atoms with Gasteiger partial charge in [0.05, 0.1) is 5.60 Å². The molecule has 1 heterocycles. The minimum Gasteiger partial charge on any atom is -0.362 e. The summed E-state index contributed by atoms with van der Waals surface area (Å²) in [7, 11) is 0. The highest BCUT2D eigenvalue weighted by Gasteiger charge is 2.76. The van der Waals surface area contributed by atoms with Crippen molar-refractivity contribution in [2.24, 2.45) is 5.41 Å². The van der Waals surface area contributed by atoms with Gasteiger partial charge in [0.2, 0.25) is 0 Å². The zero-order chi connectivity index (χ0) is 11.2. The number of hydrogen-bond acceptors (Lipinski definition) is 1. The summed E-state index contributed by atoms with van der Waals surface area (Å²) in [4.78, 5) is 0. The van der Waals surface area contributed by atoms with Crippen LogP contribution in [0.3, 0.4) is 0 Å². The van der Waals surface area contributed by atoms with Gasteiger partial charge >= 0.3 is 0 Å². The highest BCUT2D eigenvalue weighted by atomic mass is 16.6. The maximum Gasteiger partial charge on any atom is 0.103 e. The fraction of sp³-hybridized carbons (Fsp3) is 1.00. The van der Waals surface area contributed by atoms with Crippen LogP contribution in [0.4, 0.5) is 0 Å². The highest BCUT2D eigenvalue weighted by Crippen LogP contribution is 2.70. The van der Waals surface area contributed by atoms with Crippen molar-refractivity contribution >= 4 is 0 Å². The van der Waals surface area contributed by atoms with Crippen LogP contribution in [0.1, 0.15) is 72.6 Å². The average molecular weight is 210 g/mol. The summed E-state index contributed by atoms with van der Waals surface area (Å²) in [5.74, 6) is 0. The fourth-order valence-electron chi connectivity index (χ4n) is 4.55. The second-order valence-corrected chi connectivity index (χ2v) is 5.47. The van der Waals surface area contributed by atoms with Gasteiger partial charge in [0.25, 0.3) is 0 Å². The Kier molecular flexibility index (Phi) is 2.65. The monoisotopic (exact) mass is 210 g/mol. The Bertz CT molecular complexity index is 244. The van der Waals surface area contributed by atoms with Gasteiger partial charge in [-0.05, 0) is 44.9 Å². The quantitative estimate of drug-likeness (QED) is 0.630. The van der Waals surface area contributed by atoms with Crippen molar-refractivity contribution in [3.8, 4) is 0 Å². The molecular formula is C14H26O. The van der Waals surface area contributed by atoms with Gasteiger partial charge in [0.15, 0.2) is 0 Å². The second-order valence-electron chi connectivity index (χ2n) is 5.47. The molecule has 2 fully saturated rings. The summed E-state index contributed by atoms with van der Waals surface area (Å²) in [6, 6.07) is 0. The molecule has 0 aromatic rings. The number of hydrogen-bond donors (Lipinski definition) is 0. The molecular weight excluding hydrogens is 184 g/mol. The summed E-state index contributed by atoms with van der Waals surface area (Å²) >= 11 is 0. The normalized spacial score (nSPS) is 42.4. The van der Waals surface area contributed by atoms with E-state index in [0.717, 1.165) is 0 Å². The molecule has 88 valence electrons. The molecule has 1 aliphatic heterocycles. The third-order valence-corrected chi connectivity index (χ3v) is 5.58. The predicted molar refractivity (Wildman–Crippen MR) is 64.0 cm³/mol. The van der Waals surface area contributed by atoms with E-state index in [4.69, 9.17) is 4.74 Å². The second kappa shape index (κ2) is 3.48. The molecule has 0 spiro atoms. The maximum atomic E-state index is 6.35. The largest absolute Gasteiger partial charge is 0.362 e. The van der Waals surface area contributed by atoms with Crippen LogP contribution in [0.15, 0.2) is 0 Å². The topological polar surface area (TPSA) is 12.5 Å². The third-order valence-electron chi connectivity index (χ3n) is 5.58. The van der Waals surface area contributed by atoms with Crippen molar-refractivity contribution in [1.29, 1.82) is 0 Å². The van der Waals surface area contributed by atoms with Crippen molar-refractivity contribution in [2.45, 2.75) is 83.8 Å². The number of rotatable bonds is 4. The Hall–Kier alpha value is -0.0400. The lowest BCUT2D eigenvalue weighted by Crippen LogP contribution is -2.46. The zero-order valence-corrected chi connectivity index (χ0v) is 10.9. The zero-order valence-electron chi connectivity index (χ0n) is 10.9. The summed E-state index contributed by atoms with van der Waals surface area (Å²) in [6.45, 7) is 9.34. The van der Waals surface area contributed by atoms with E-state index in [1.807, 2.05) is 0 Å². The fourth-order valence-corrected chi connectivity index (χ4v) is 4.55. The van der Waals surface area contributed by atoms with Crippen molar-refractivity contribution in [2.75, 3.05) is 0 Å². The molecule has 0 bridgehead atoms. The van der Waals surface area contributed by atoms with Crippen LogP contribution in [0.5, 0.6) is 0 Å². The van der Waals surface area contributed by atoms with Gasteiger partial charge in [-0.3, -0.25) is 0 Å². The van der Waals surface area contributed by atoms with Gasteiger partial charge in [0.1, 0.15) is 5.60 Å². The van der Waals surface area contributed by atoms with Crippen LogP contribution in [0.2, 0.25) is 0 Å². The van der Waals surface area contributed by atoms with Crippen LogP contribution >= 0.6 is 0 Å². The Morgan fingerprint density at radius 1 is 0.867 bits per heavy atom. The first-order valence-corrected chi connectivity index (χ1v) is 6.86. The molecule has 2 rings (SSSR count). The van der Waals surface area contributed by atoms with Crippen molar-refractivity contribution in [3.63, 3.8) is 0 Å². The molecule has 2 unspecified atom stereocenters. The molecule has 1 heteroatoms. The van der Waals surface area contributed by atoms with Crippen LogP contribution < -0.4 is 0 Å². The maximum absolute atomic E-state index is 6.35. The van der Waals surface area contributed by atoms with E-state index in [1.54, 1.807) is 0 Å². The predicted octanol–water partition coefficient (Wildman–Crippen LogP) is 4.30. The van der Waals surface area contributed by atoms with Crippen molar-refractivity contribution in [1.82, 2.24) is 0 Å². The first-order valence-electron chi connectivity index (χ1n) is 6.86. The van der Waals surface area contributed by atoms with Gasteiger partial charge < -0.3 is 4.74 Å². The van der Waals surface area contributed by atoms with Crippen LogP contribution in [-0.2, 0) is 4.74 Å². The van der Waals surface area contributed by atoms with Gasteiger partial charge in [0, 0.05) is 5.41 Å². The van der Waals surface area contributed by atoms with E-state index >= 15 is 0 Å². The van der Waals surface area contributed by atoms with Gasteiger partial charge in [-0.15, -0.1) is 0 Å². The SMILES string of the molecule is CCC1(CC)CCCC2(CC)OC12CC. The van der Waals surface area contributed by atoms with Crippen LogP contribution in [0.25, 0.3) is 0 Å².